The number of rotatable bonds is 3. The molecule has 22 heavy (non-hydrogen) atoms. The lowest BCUT2D eigenvalue weighted by molar-refractivity contribution is 0.0937. The van der Waals surface area contributed by atoms with E-state index in [1.807, 2.05) is 0 Å². The van der Waals surface area contributed by atoms with E-state index in [1.165, 1.54) is 18.2 Å². The first-order valence-electron chi connectivity index (χ1n) is 6.18. The number of nitrogens with one attached hydrogen (secondary N) is 2. The Morgan fingerprint density at radius 2 is 2.09 bits per heavy atom. The highest BCUT2D eigenvalue weighted by Crippen LogP contribution is 2.22. The lowest BCUT2D eigenvalue weighted by Crippen LogP contribution is -2.32. The molecular formula is C14H10Cl2N4O2. The van der Waals surface area contributed by atoms with Gasteiger partial charge >= 0.3 is 0 Å². The van der Waals surface area contributed by atoms with Gasteiger partial charge in [-0.2, -0.15) is 5.26 Å². The van der Waals surface area contributed by atoms with E-state index in [9.17, 15) is 9.59 Å². The van der Waals surface area contributed by atoms with Gasteiger partial charge in [0, 0.05) is 0 Å². The molecule has 0 radical (unpaired) electrons. The molecule has 0 aliphatic heterocycles. The molecule has 2 aromatic rings. The van der Waals surface area contributed by atoms with Crippen molar-refractivity contribution in [1.82, 2.24) is 15.3 Å². The number of hydrogen-bond donors (Lipinski definition) is 2. The van der Waals surface area contributed by atoms with Crippen molar-refractivity contribution < 1.29 is 4.79 Å². The van der Waals surface area contributed by atoms with Crippen LogP contribution in [0.3, 0.4) is 0 Å². The first-order valence-corrected chi connectivity index (χ1v) is 6.94. The molecule has 1 unspecified atom stereocenters. The molecule has 2 heterocycles. The van der Waals surface area contributed by atoms with Gasteiger partial charge < -0.3 is 10.3 Å². The fourth-order valence-electron chi connectivity index (χ4n) is 1.80. The van der Waals surface area contributed by atoms with Gasteiger partial charge in [-0.1, -0.05) is 23.2 Å². The van der Waals surface area contributed by atoms with E-state index < -0.39 is 17.5 Å². The molecule has 0 aliphatic carbocycles. The number of halogens is 2. The lowest BCUT2D eigenvalue weighted by atomic mass is 10.2. The molecule has 0 spiro atoms. The summed E-state index contributed by atoms with van der Waals surface area (Å²) in [6.07, 6.45) is 0. The van der Waals surface area contributed by atoms with E-state index in [-0.39, 0.29) is 16.4 Å². The molecule has 2 N–H and O–H groups in total. The Morgan fingerprint density at radius 3 is 2.73 bits per heavy atom. The summed E-state index contributed by atoms with van der Waals surface area (Å²) in [4.78, 5) is 30.2. The monoisotopic (exact) mass is 336 g/mol. The summed E-state index contributed by atoms with van der Waals surface area (Å²) in [6.45, 7) is 1.67. The van der Waals surface area contributed by atoms with E-state index in [2.05, 4.69) is 15.3 Å². The number of nitrogens with zero attached hydrogens (tertiary/aromatic N) is 2. The number of nitriles is 1. The number of H-pyrrole nitrogens is 1. The van der Waals surface area contributed by atoms with Gasteiger partial charge in [-0.15, -0.1) is 0 Å². The van der Waals surface area contributed by atoms with E-state index >= 15 is 0 Å². The van der Waals surface area contributed by atoms with Crippen LogP contribution in [0.4, 0.5) is 0 Å². The fourth-order valence-corrected chi connectivity index (χ4v) is 2.22. The molecule has 8 heteroatoms. The van der Waals surface area contributed by atoms with Gasteiger partial charge in [0.15, 0.2) is 0 Å². The molecule has 1 atom stereocenters. The molecule has 0 aliphatic rings. The molecule has 112 valence electrons. The summed E-state index contributed by atoms with van der Waals surface area (Å²) in [5.41, 5.74) is -0.278. The van der Waals surface area contributed by atoms with Gasteiger partial charge in [0.25, 0.3) is 11.5 Å². The van der Waals surface area contributed by atoms with Crippen LogP contribution >= 0.6 is 23.2 Å². The maximum absolute atomic E-state index is 12.1. The summed E-state index contributed by atoms with van der Waals surface area (Å²) in [7, 11) is 0. The van der Waals surface area contributed by atoms with Gasteiger partial charge in [0.1, 0.15) is 22.5 Å². The molecular weight excluding hydrogens is 327 g/mol. The van der Waals surface area contributed by atoms with Crippen molar-refractivity contribution in [2.24, 2.45) is 0 Å². The van der Waals surface area contributed by atoms with Gasteiger partial charge in [0.2, 0.25) is 0 Å². The molecule has 2 aromatic heterocycles. The second-order valence-corrected chi connectivity index (χ2v) is 5.22. The summed E-state index contributed by atoms with van der Waals surface area (Å²) >= 11 is 11.8. The minimum absolute atomic E-state index is 0.0779. The van der Waals surface area contributed by atoms with Crippen LogP contribution in [0, 0.1) is 11.3 Å². The van der Waals surface area contributed by atoms with Gasteiger partial charge in [-0.25, -0.2) is 4.98 Å². The van der Waals surface area contributed by atoms with Crippen LogP contribution in [0.15, 0.2) is 29.1 Å². The van der Waals surface area contributed by atoms with Crippen LogP contribution in [0.25, 0.3) is 0 Å². The number of hydrogen-bond acceptors (Lipinski definition) is 4. The Balaban J connectivity index is 2.23. The quantitative estimate of drug-likeness (QED) is 0.841. The fraction of sp³-hybridized carbons (Fsp3) is 0.143. The minimum Gasteiger partial charge on any atom is -0.344 e. The van der Waals surface area contributed by atoms with Crippen molar-refractivity contribution in [2.75, 3.05) is 0 Å². The Bertz CT molecular complexity index is 826. The normalized spacial score (nSPS) is 11.5. The lowest BCUT2D eigenvalue weighted by Gasteiger charge is -2.14. The molecule has 0 saturated carbocycles. The van der Waals surface area contributed by atoms with Crippen LogP contribution in [0.1, 0.15) is 34.7 Å². The first kappa shape index (κ1) is 16.0. The Labute approximate surface area is 135 Å². The van der Waals surface area contributed by atoms with Gasteiger partial charge in [-0.05, 0) is 31.2 Å². The number of aromatic amines is 1. The zero-order valence-electron chi connectivity index (χ0n) is 11.4. The van der Waals surface area contributed by atoms with Crippen molar-refractivity contribution in [1.29, 1.82) is 5.26 Å². The third kappa shape index (κ3) is 3.45. The second-order valence-electron chi connectivity index (χ2n) is 4.42. The van der Waals surface area contributed by atoms with Gasteiger partial charge in [-0.3, -0.25) is 9.59 Å². The standard InChI is InChI=1S/C14H10Cl2N4O2/c1-7(12-10(15)4-5-11(16)20-12)18-13(21)9-3-2-8(6-17)19-14(9)22/h2-5,7H,1H3,(H,18,21)(H,19,22). The minimum atomic E-state index is -0.645. The van der Waals surface area contributed by atoms with Crippen molar-refractivity contribution in [3.8, 4) is 6.07 Å². The second kappa shape index (κ2) is 6.60. The predicted octanol–water partition coefficient (Wildman–Crippen LogP) is 2.44. The highest BCUT2D eigenvalue weighted by atomic mass is 35.5. The van der Waals surface area contributed by atoms with E-state index in [1.54, 1.807) is 19.1 Å². The molecule has 0 bridgehead atoms. The maximum atomic E-state index is 12.1. The largest absolute Gasteiger partial charge is 0.344 e. The van der Waals surface area contributed by atoms with E-state index in [4.69, 9.17) is 28.5 Å². The van der Waals surface area contributed by atoms with Crippen molar-refractivity contribution in [2.45, 2.75) is 13.0 Å². The van der Waals surface area contributed by atoms with Crippen LogP contribution < -0.4 is 10.9 Å². The Hall–Kier alpha value is -2.36. The number of carbonyl (C=O) groups is 1. The number of aromatic nitrogens is 2. The average molecular weight is 337 g/mol. The smallest absolute Gasteiger partial charge is 0.261 e. The third-order valence-electron chi connectivity index (χ3n) is 2.87. The number of carbonyl (C=O) groups excluding carboxylic acids is 1. The van der Waals surface area contributed by atoms with Crippen LogP contribution in [0.5, 0.6) is 0 Å². The molecule has 0 saturated heterocycles. The topological polar surface area (TPSA) is 98.6 Å². The van der Waals surface area contributed by atoms with Crippen LogP contribution in [-0.4, -0.2) is 15.9 Å². The summed E-state index contributed by atoms with van der Waals surface area (Å²) < 4.78 is 0. The van der Waals surface area contributed by atoms with Crippen molar-refractivity contribution >= 4 is 29.1 Å². The third-order valence-corrected chi connectivity index (χ3v) is 3.40. The Morgan fingerprint density at radius 1 is 1.36 bits per heavy atom. The molecule has 0 aromatic carbocycles. The van der Waals surface area contributed by atoms with Crippen LogP contribution in [0.2, 0.25) is 10.2 Å². The molecule has 1 amide bonds. The molecule has 0 fully saturated rings. The highest BCUT2D eigenvalue weighted by molar-refractivity contribution is 6.32. The van der Waals surface area contributed by atoms with Crippen LogP contribution in [-0.2, 0) is 0 Å². The SMILES string of the molecule is CC(NC(=O)c1ccc(C#N)[nH]c1=O)c1nc(Cl)ccc1Cl. The summed E-state index contributed by atoms with van der Waals surface area (Å²) in [5, 5.41) is 11.9. The summed E-state index contributed by atoms with van der Waals surface area (Å²) in [5.74, 6) is -0.601. The van der Waals surface area contributed by atoms with Gasteiger partial charge in [0.05, 0.1) is 16.8 Å². The highest BCUT2D eigenvalue weighted by Gasteiger charge is 2.18. The average Bonchev–Trinajstić information content (AvgIpc) is 2.49. The number of pyridine rings is 2. The predicted molar refractivity (Wildman–Crippen MR) is 81.9 cm³/mol. The first-order chi connectivity index (χ1) is 10.4. The Kier molecular flexibility index (Phi) is 4.81. The molecule has 2 rings (SSSR count). The summed E-state index contributed by atoms with van der Waals surface area (Å²) in [6, 6.07) is 6.98. The zero-order chi connectivity index (χ0) is 16.3. The number of amides is 1. The zero-order valence-corrected chi connectivity index (χ0v) is 12.9. The maximum Gasteiger partial charge on any atom is 0.261 e. The molecule has 6 nitrogen and oxygen atoms in total. The van der Waals surface area contributed by atoms with E-state index in [0.717, 1.165) is 0 Å². The van der Waals surface area contributed by atoms with E-state index in [0.29, 0.717) is 10.7 Å². The van der Waals surface area contributed by atoms with Crippen molar-refractivity contribution in [3.05, 3.63) is 61.7 Å². The van der Waals surface area contributed by atoms with Crippen molar-refractivity contribution in [3.63, 3.8) is 0 Å².